The first-order chi connectivity index (χ1) is 15.0. The minimum Gasteiger partial charge on any atom is -0.780 e. The van der Waals surface area contributed by atoms with Crippen molar-refractivity contribution in [3.05, 3.63) is 58.7 Å². The van der Waals surface area contributed by atoms with Crippen molar-refractivity contribution in [3.8, 4) is 11.5 Å². The standard InChI is InChI=1S/C26H39O5P.2K/c1-20(2)9-6-10-21(3)11-7-12-22(4)13-8-17-26(5)18-16-23-19-24(31-32(27,28)29)14-15-25(23)30-26;;/h9,11,13-15,19H,6-8,10,12,16-18H2,1-5H3,(H2,27,28,29);;/q;2*+1/p-2/b21-11+,22-13+;;. The van der Waals surface area contributed by atoms with E-state index in [4.69, 9.17) is 4.74 Å². The Bertz CT molecular complexity index is 916. The molecule has 5 nitrogen and oxygen atoms in total. The largest absolute Gasteiger partial charge is 1.00 e. The van der Waals surface area contributed by atoms with Gasteiger partial charge in [-0.05, 0) is 110 Å². The molecule has 1 aliphatic heterocycles. The summed E-state index contributed by atoms with van der Waals surface area (Å²) in [6.45, 7) is 10.8. The molecule has 0 N–H and O–H groups in total. The molecular weight excluding hydrogens is 501 g/mol. The van der Waals surface area contributed by atoms with Crippen LogP contribution in [0.5, 0.6) is 11.5 Å². The van der Waals surface area contributed by atoms with Crippen LogP contribution in [0, 0.1) is 0 Å². The molecule has 1 aromatic carbocycles. The Balaban J connectivity index is 0.00000544. The van der Waals surface area contributed by atoms with Gasteiger partial charge in [0.1, 0.15) is 24.9 Å². The molecule has 2 rings (SSSR count). The molecule has 0 radical (unpaired) electrons. The van der Waals surface area contributed by atoms with Gasteiger partial charge in [0.05, 0.1) is 0 Å². The number of hydrogen-bond acceptors (Lipinski definition) is 5. The van der Waals surface area contributed by atoms with E-state index in [0.717, 1.165) is 62.7 Å². The van der Waals surface area contributed by atoms with E-state index in [-0.39, 0.29) is 114 Å². The van der Waals surface area contributed by atoms with Gasteiger partial charge in [0, 0.05) is 0 Å². The van der Waals surface area contributed by atoms with Crippen molar-refractivity contribution in [2.45, 2.75) is 91.6 Å². The summed E-state index contributed by atoms with van der Waals surface area (Å²) in [6, 6.07) is 4.73. The zero-order valence-electron chi connectivity index (χ0n) is 22.1. The van der Waals surface area contributed by atoms with Crippen molar-refractivity contribution in [2.24, 2.45) is 0 Å². The molecule has 8 heteroatoms. The molecule has 1 heterocycles. The van der Waals surface area contributed by atoms with Crippen LogP contribution < -0.4 is 122 Å². The molecule has 1 unspecified atom stereocenters. The SMILES string of the molecule is CC(C)=CCC/C(C)=C/CC/C(C)=C/CCC1(C)CCc2cc(OP(=O)([O-])[O-])ccc2O1.[K+].[K+]. The van der Waals surface area contributed by atoms with E-state index < -0.39 is 7.82 Å². The molecule has 1 aromatic rings. The number of fused-ring (bicyclic) bond motifs is 1. The maximum Gasteiger partial charge on any atom is 1.00 e. The van der Waals surface area contributed by atoms with Crippen LogP contribution in [0.15, 0.2) is 53.1 Å². The zero-order valence-corrected chi connectivity index (χ0v) is 29.3. The average Bonchev–Trinajstić information content (AvgIpc) is 2.66. The van der Waals surface area contributed by atoms with Crippen LogP contribution in [0.1, 0.15) is 85.1 Å². The second-order valence-electron chi connectivity index (χ2n) is 9.36. The summed E-state index contributed by atoms with van der Waals surface area (Å²) in [5, 5.41) is 0. The minimum atomic E-state index is -5.05. The van der Waals surface area contributed by atoms with E-state index in [1.807, 2.05) is 0 Å². The summed E-state index contributed by atoms with van der Waals surface area (Å²) in [4.78, 5) is 21.6. The summed E-state index contributed by atoms with van der Waals surface area (Å²) in [7, 11) is -5.05. The third-order valence-electron chi connectivity index (χ3n) is 5.82. The van der Waals surface area contributed by atoms with Gasteiger partial charge in [-0.2, -0.15) is 0 Å². The molecule has 0 amide bonds. The summed E-state index contributed by atoms with van der Waals surface area (Å²) < 4.78 is 21.5. The van der Waals surface area contributed by atoms with Crippen molar-refractivity contribution < 1.29 is 126 Å². The van der Waals surface area contributed by atoms with Crippen LogP contribution in [-0.4, -0.2) is 5.60 Å². The zero-order chi connectivity index (χ0) is 23.8. The summed E-state index contributed by atoms with van der Waals surface area (Å²) >= 11 is 0. The summed E-state index contributed by atoms with van der Waals surface area (Å²) in [5.41, 5.74) is 4.84. The number of aryl methyl sites for hydroxylation is 1. The van der Waals surface area contributed by atoms with Crippen LogP contribution in [-0.2, 0) is 11.0 Å². The number of allylic oxidation sites excluding steroid dienone is 6. The fourth-order valence-corrected chi connectivity index (χ4v) is 4.26. The van der Waals surface area contributed by atoms with Crippen molar-refractivity contribution >= 4 is 7.82 Å². The van der Waals surface area contributed by atoms with Crippen molar-refractivity contribution in [2.75, 3.05) is 0 Å². The van der Waals surface area contributed by atoms with E-state index >= 15 is 0 Å². The van der Waals surface area contributed by atoms with Gasteiger partial charge < -0.3 is 23.6 Å². The minimum absolute atomic E-state index is 0. The van der Waals surface area contributed by atoms with Gasteiger partial charge in [-0.25, -0.2) is 0 Å². The van der Waals surface area contributed by atoms with E-state index in [2.05, 4.69) is 57.4 Å². The van der Waals surface area contributed by atoms with Crippen molar-refractivity contribution in [1.29, 1.82) is 0 Å². The van der Waals surface area contributed by atoms with Crippen molar-refractivity contribution in [3.63, 3.8) is 0 Å². The average molecular weight is 539 g/mol. The van der Waals surface area contributed by atoms with Crippen LogP contribution in [0.2, 0.25) is 0 Å². The van der Waals surface area contributed by atoms with Gasteiger partial charge in [-0.15, -0.1) is 0 Å². The number of ether oxygens (including phenoxy) is 1. The smallest absolute Gasteiger partial charge is 0.780 e. The Morgan fingerprint density at radius 1 is 1.03 bits per heavy atom. The van der Waals surface area contributed by atoms with Gasteiger partial charge in [0.15, 0.2) is 0 Å². The van der Waals surface area contributed by atoms with E-state index in [1.165, 1.54) is 22.8 Å². The fraction of sp³-hybridized carbons (Fsp3) is 0.538. The number of phosphoric acid groups is 1. The maximum atomic E-state index is 10.8. The monoisotopic (exact) mass is 538 g/mol. The Labute approximate surface area is 291 Å². The van der Waals surface area contributed by atoms with Gasteiger partial charge in [0.25, 0.3) is 0 Å². The van der Waals surface area contributed by atoms with Gasteiger partial charge in [-0.1, -0.05) is 34.9 Å². The molecule has 178 valence electrons. The third-order valence-corrected chi connectivity index (χ3v) is 6.25. The van der Waals surface area contributed by atoms with Crippen LogP contribution in [0.3, 0.4) is 0 Å². The first kappa shape index (κ1) is 35.5. The molecule has 0 spiro atoms. The molecule has 34 heavy (non-hydrogen) atoms. The summed E-state index contributed by atoms with van der Waals surface area (Å²) in [6.07, 6.45) is 14.8. The second-order valence-corrected chi connectivity index (χ2v) is 10.4. The Morgan fingerprint density at radius 3 is 2.21 bits per heavy atom. The molecule has 1 aliphatic rings. The molecular formula is C26H37K2O5P. The summed E-state index contributed by atoms with van der Waals surface area (Å²) in [5.74, 6) is 0.774. The Kier molecular flexibility index (Phi) is 17.9. The van der Waals surface area contributed by atoms with Crippen LogP contribution >= 0.6 is 7.82 Å². The first-order valence-electron chi connectivity index (χ1n) is 11.4. The Hall–Kier alpha value is 1.46. The number of hydrogen-bond donors (Lipinski definition) is 0. The second kappa shape index (κ2) is 17.1. The molecule has 0 bridgehead atoms. The maximum absolute atomic E-state index is 10.8. The Morgan fingerprint density at radius 2 is 1.62 bits per heavy atom. The molecule has 0 aromatic heterocycles. The predicted octanol–water partition coefficient (Wildman–Crippen LogP) is 0.185. The number of rotatable bonds is 11. The van der Waals surface area contributed by atoms with Gasteiger partial charge in [0.2, 0.25) is 0 Å². The molecule has 0 saturated heterocycles. The fourth-order valence-electron chi connectivity index (χ4n) is 3.89. The van der Waals surface area contributed by atoms with Gasteiger partial charge in [-0.3, -0.25) is 0 Å². The van der Waals surface area contributed by atoms with E-state index in [1.54, 1.807) is 12.1 Å². The quantitative estimate of drug-likeness (QED) is 0.228. The normalized spacial score (nSPS) is 18.1. The van der Waals surface area contributed by atoms with E-state index in [9.17, 15) is 14.4 Å². The van der Waals surface area contributed by atoms with Crippen LogP contribution in [0.4, 0.5) is 0 Å². The number of phosphoric ester groups is 1. The predicted molar refractivity (Wildman–Crippen MR) is 127 cm³/mol. The van der Waals surface area contributed by atoms with Gasteiger partial charge >= 0.3 is 103 Å². The topological polar surface area (TPSA) is 81.7 Å². The number of benzene rings is 1. The molecule has 1 atom stereocenters. The molecule has 0 aliphatic carbocycles. The van der Waals surface area contributed by atoms with Crippen molar-refractivity contribution in [1.82, 2.24) is 0 Å². The third kappa shape index (κ3) is 14.4. The van der Waals surface area contributed by atoms with E-state index in [0.29, 0.717) is 0 Å². The van der Waals surface area contributed by atoms with Crippen LogP contribution in [0.25, 0.3) is 0 Å². The first-order valence-corrected chi connectivity index (χ1v) is 12.9. The molecule has 0 fully saturated rings. The molecule has 0 saturated carbocycles.